The lowest BCUT2D eigenvalue weighted by Gasteiger charge is -2.11. The highest BCUT2D eigenvalue weighted by Gasteiger charge is 2.11. The van der Waals surface area contributed by atoms with Crippen molar-refractivity contribution in [1.82, 2.24) is 0 Å². The van der Waals surface area contributed by atoms with Gasteiger partial charge >= 0.3 is 5.97 Å². The molecule has 82 valence electrons. The molecule has 0 aliphatic rings. The zero-order valence-electron chi connectivity index (χ0n) is 9.96. The molecule has 2 heteroatoms. The molecular weight excluding hydrogens is 176 g/mol. The minimum atomic E-state index is -0.157. The van der Waals surface area contributed by atoms with Gasteiger partial charge in [0.2, 0.25) is 0 Å². The molecule has 0 fully saturated rings. The normalized spacial score (nSPS) is 12.4. The molecule has 0 aliphatic heterocycles. The monoisotopic (exact) mass is 198 g/mol. The molecule has 0 bridgehead atoms. The third-order valence-corrected chi connectivity index (χ3v) is 1.79. The molecule has 0 atom stereocenters. The highest BCUT2D eigenvalue weighted by atomic mass is 16.5. The summed E-state index contributed by atoms with van der Waals surface area (Å²) in [4.78, 5) is 11.5. The summed E-state index contributed by atoms with van der Waals surface area (Å²) in [5.74, 6) is 0.735. The number of carbonyl (C=O) groups excluding carboxylic acids is 1. The molecule has 2 nitrogen and oxygen atoms in total. The molecule has 0 N–H and O–H groups in total. The Kier molecular flexibility index (Phi) is 6.26. The van der Waals surface area contributed by atoms with Crippen LogP contribution in [0.4, 0.5) is 0 Å². The summed E-state index contributed by atoms with van der Waals surface area (Å²) < 4.78 is 5.15. The Labute approximate surface area is 87.3 Å². The van der Waals surface area contributed by atoms with Crippen molar-refractivity contribution in [1.29, 1.82) is 0 Å². The Morgan fingerprint density at radius 2 is 1.79 bits per heavy atom. The molecule has 0 aromatic heterocycles. The Morgan fingerprint density at radius 1 is 1.21 bits per heavy atom. The van der Waals surface area contributed by atoms with Gasteiger partial charge in [0.1, 0.15) is 0 Å². The molecule has 0 aromatic rings. The van der Waals surface area contributed by atoms with E-state index >= 15 is 0 Å². The van der Waals surface area contributed by atoms with Crippen LogP contribution < -0.4 is 0 Å². The first-order valence-corrected chi connectivity index (χ1v) is 5.29. The largest absolute Gasteiger partial charge is 0.462 e. The zero-order valence-corrected chi connectivity index (χ0v) is 9.96. The van der Waals surface area contributed by atoms with Gasteiger partial charge in [-0.1, -0.05) is 33.8 Å². The van der Waals surface area contributed by atoms with Crippen molar-refractivity contribution in [2.45, 2.75) is 41.0 Å². The Bertz CT molecular complexity index is 202. The molecule has 0 amide bonds. The van der Waals surface area contributed by atoms with Crippen molar-refractivity contribution in [2.24, 2.45) is 11.8 Å². The van der Waals surface area contributed by atoms with Crippen molar-refractivity contribution in [3.8, 4) is 0 Å². The third-order valence-electron chi connectivity index (χ3n) is 1.79. The fourth-order valence-corrected chi connectivity index (χ4v) is 1.09. The van der Waals surface area contributed by atoms with E-state index in [2.05, 4.69) is 13.8 Å². The summed E-state index contributed by atoms with van der Waals surface area (Å²) in [6.07, 6.45) is 2.65. The van der Waals surface area contributed by atoms with E-state index in [0.717, 1.165) is 12.0 Å². The van der Waals surface area contributed by atoms with Gasteiger partial charge in [0.25, 0.3) is 0 Å². The molecule has 0 aliphatic carbocycles. The van der Waals surface area contributed by atoms with Crippen LogP contribution in [0.5, 0.6) is 0 Å². The van der Waals surface area contributed by atoms with Crippen molar-refractivity contribution in [2.75, 3.05) is 6.61 Å². The number of ether oxygens (including phenoxy) is 1. The highest BCUT2D eigenvalue weighted by molar-refractivity contribution is 5.88. The van der Waals surface area contributed by atoms with Crippen LogP contribution in [0.1, 0.15) is 41.0 Å². The van der Waals surface area contributed by atoms with E-state index in [9.17, 15) is 4.79 Å². The van der Waals surface area contributed by atoms with Gasteiger partial charge in [-0.05, 0) is 25.2 Å². The van der Waals surface area contributed by atoms with E-state index in [1.165, 1.54) is 0 Å². The number of hydrogen-bond donors (Lipinski definition) is 0. The second-order valence-electron chi connectivity index (χ2n) is 4.40. The van der Waals surface area contributed by atoms with Crippen LogP contribution in [0.3, 0.4) is 0 Å². The maximum atomic E-state index is 11.5. The van der Waals surface area contributed by atoms with E-state index in [4.69, 9.17) is 4.74 Å². The van der Waals surface area contributed by atoms with E-state index in [1.54, 1.807) is 0 Å². The van der Waals surface area contributed by atoms with Crippen LogP contribution in [0.2, 0.25) is 0 Å². The second-order valence-corrected chi connectivity index (χ2v) is 4.40. The summed E-state index contributed by atoms with van der Waals surface area (Å²) in [5.41, 5.74) is 0.792. The fourth-order valence-electron chi connectivity index (χ4n) is 1.09. The molecule has 0 rings (SSSR count). The van der Waals surface area contributed by atoms with Gasteiger partial charge in [0.05, 0.1) is 6.61 Å². The van der Waals surface area contributed by atoms with Crippen molar-refractivity contribution in [3.05, 3.63) is 11.6 Å². The Balaban J connectivity index is 4.07. The number of hydrogen-bond acceptors (Lipinski definition) is 2. The van der Waals surface area contributed by atoms with E-state index < -0.39 is 0 Å². The minimum absolute atomic E-state index is 0.157. The van der Waals surface area contributed by atoms with Crippen molar-refractivity contribution >= 4 is 5.97 Å². The van der Waals surface area contributed by atoms with Crippen LogP contribution in [0.25, 0.3) is 0 Å². The first-order chi connectivity index (χ1) is 6.47. The summed E-state index contributed by atoms with van der Waals surface area (Å²) >= 11 is 0. The predicted molar refractivity (Wildman–Crippen MR) is 59.0 cm³/mol. The molecule has 0 unspecified atom stereocenters. The molecule has 0 radical (unpaired) electrons. The molecule has 0 spiro atoms. The number of allylic oxidation sites excluding steroid dienone is 1. The molecule has 0 aromatic carbocycles. The predicted octanol–water partition coefficient (Wildman–Crippen LogP) is 3.18. The number of carbonyl (C=O) groups is 1. The van der Waals surface area contributed by atoms with Gasteiger partial charge in [-0.3, -0.25) is 0 Å². The summed E-state index contributed by atoms with van der Waals surface area (Å²) in [7, 11) is 0. The summed E-state index contributed by atoms with van der Waals surface area (Å²) in [6.45, 7) is 10.6. The Morgan fingerprint density at radius 3 is 2.14 bits per heavy atom. The maximum Gasteiger partial charge on any atom is 0.333 e. The van der Waals surface area contributed by atoms with E-state index in [1.807, 2.05) is 26.8 Å². The highest BCUT2D eigenvalue weighted by Crippen LogP contribution is 2.12. The van der Waals surface area contributed by atoms with E-state index in [-0.39, 0.29) is 5.97 Å². The lowest BCUT2D eigenvalue weighted by Crippen LogP contribution is -2.13. The average molecular weight is 198 g/mol. The first kappa shape index (κ1) is 13.2. The second kappa shape index (κ2) is 6.63. The maximum absolute atomic E-state index is 11.5. The quantitative estimate of drug-likeness (QED) is 0.501. The van der Waals surface area contributed by atoms with Gasteiger partial charge in [0, 0.05) is 5.57 Å². The smallest absolute Gasteiger partial charge is 0.333 e. The van der Waals surface area contributed by atoms with Gasteiger partial charge in [-0.25, -0.2) is 4.79 Å². The van der Waals surface area contributed by atoms with Crippen LogP contribution in [-0.4, -0.2) is 12.6 Å². The lowest BCUT2D eigenvalue weighted by molar-refractivity contribution is -0.140. The number of esters is 1. The van der Waals surface area contributed by atoms with E-state index in [0.29, 0.717) is 18.4 Å². The molecule has 0 saturated heterocycles. The number of rotatable bonds is 5. The first-order valence-electron chi connectivity index (χ1n) is 5.29. The van der Waals surface area contributed by atoms with Gasteiger partial charge in [-0.15, -0.1) is 0 Å². The van der Waals surface area contributed by atoms with Gasteiger partial charge < -0.3 is 4.74 Å². The van der Waals surface area contributed by atoms with Gasteiger partial charge in [-0.2, -0.15) is 0 Å². The average Bonchev–Trinajstić information content (AvgIpc) is 2.09. The third kappa shape index (κ3) is 5.79. The standard InChI is InChI=1S/C12H22O2/c1-6-11(7-9(2)3)12(13)14-8-10(4)5/h6,9-10H,7-8H2,1-5H3. The molecule has 0 saturated carbocycles. The van der Waals surface area contributed by atoms with Gasteiger partial charge in [0.15, 0.2) is 0 Å². The zero-order chi connectivity index (χ0) is 11.1. The van der Waals surface area contributed by atoms with Crippen LogP contribution in [0.15, 0.2) is 11.6 Å². The van der Waals surface area contributed by atoms with Crippen LogP contribution in [-0.2, 0) is 9.53 Å². The summed E-state index contributed by atoms with van der Waals surface area (Å²) in [6, 6.07) is 0. The Hall–Kier alpha value is -0.790. The lowest BCUT2D eigenvalue weighted by atomic mass is 10.0. The van der Waals surface area contributed by atoms with Crippen molar-refractivity contribution < 1.29 is 9.53 Å². The fraction of sp³-hybridized carbons (Fsp3) is 0.750. The van der Waals surface area contributed by atoms with Crippen LogP contribution >= 0.6 is 0 Å². The SMILES string of the molecule is CC=C(CC(C)C)C(=O)OCC(C)C. The van der Waals surface area contributed by atoms with Crippen LogP contribution in [0, 0.1) is 11.8 Å². The minimum Gasteiger partial charge on any atom is -0.462 e. The molecule has 14 heavy (non-hydrogen) atoms. The van der Waals surface area contributed by atoms with Crippen molar-refractivity contribution in [3.63, 3.8) is 0 Å². The summed E-state index contributed by atoms with van der Waals surface area (Å²) in [5, 5.41) is 0. The molecule has 0 heterocycles. The molecular formula is C12H22O2. The topological polar surface area (TPSA) is 26.3 Å².